The molecule has 1 saturated carbocycles. The zero-order valence-corrected chi connectivity index (χ0v) is 11.5. The Labute approximate surface area is 114 Å². The molecular formula is C15H22FN3. The maximum atomic E-state index is 13.0. The molecule has 0 radical (unpaired) electrons. The summed E-state index contributed by atoms with van der Waals surface area (Å²) in [5.74, 6) is 0.675. The second-order valence-corrected chi connectivity index (χ2v) is 5.00. The lowest BCUT2D eigenvalue weighted by Crippen LogP contribution is -2.42. The highest BCUT2D eigenvalue weighted by molar-refractivity contribution is 5.79. The van der Waals surface area contributed by atoms with E-state index in [2.05, 4.69) is 15.6 Å². The van der Waals surface area contributed by atoms with Crippen LogP contribution < -0.4 is 10.6 Å². The quantitative estimate of drug-likeness (QED) is 0.647. The summed E-state index contributed by atoms with van der Waals surface area (Å²) in [6.45, 7) is 0.760. The first-order valence-corrected chi connectivity index (χ1v) is 6.99. The third-order valence-electron chi connectivity index (χ3n) is 3.51. The van der Waals surface area contributed by atoms with Crippen molar-refractivity contribution in [3.05, 3.63) is 35.6 Å². The third-order valence-corrected chi connectivity index (χ3v) is 3.51. The van der Waals surface area contributed by atoms with E-state index in [1.165, 1.54) is 31.7 Å². The van der Waals surface area contributed by atoms with Crippen molar-refractivity contribution in [2.75, 3.05) is 13.6 Å². The van der Waals surface area contributed by atoms with Gasteiger partial charge in [0.1, 0.15) is 5.82 Å². The average molecular weight is 263 g/mol. The first-order valence-electron chi connectivity index (χ1n) is 6.99. The van der Waals surface area contributed by atoms with Gasteiger partial charge in [-0.2, -0.15) is 0 Å². The Morgan fingerprint density at radius 3 is 2.84 bits per heavy atom. The standard InChI is InChI=1S/C15H22FN3/c1-17-15(19-14-7-2-3-8-14)18-10-9-12-5-4-6-13(16)11-12/h4-6,11,14H,2-3,7-10H2,1H3,(H2,17,18,19). The Hall–Kier alpha value is -1.58. The van der Waals surface area contributed by atoms with E-state index in [0.29, 0.717) is 6.04 Å². The van der Waals surface area contributed by atoms with Crippen molar-refractivity contribution < 1.29 is 4.39 Å². The largest absolute Gasteiger partial charge is 0.356 e. The number of guanidine groups is 1. The van der Waals surface area contributed by atoms with E-state index in [1.807, 2.05) is 6.07 Å². The molecule has 0 spiro atoms. The number of nitrogens with zero attached hydrogens (tertiary/aromatic N) is 1. The molecule has 0 aliphatic heterocycles. The number of benzene rings is 1. The minimum absolute atomic E-state index is 0.175. The van der Waals surface area contributed by atoms with Crippen LogP contribution in [-0.2, 0) is 6.42 Å². The molecular weight excluding hydrogens is 241 g/mol. The zero-order valence-electron chi connectivity index (χ0n) is 11.5. The molecule has 2 rings (SSSR count). The summed E-state index contributed by atoms with van der Waals surface area (Å²) in [6, 6.07) is 7.29. The van der Waals surface area contributed by atoms with Crippen molar-refractivity contribution in [3.8, 4) is 0 Å². The Balaban J connectivity index is 1.74. The molecule has 0 amide bonds. The Morgan fingerprint density at radius 1 is 1.37 bits per heavy atom. The van der Waals surface area contributed by atoms with Gasteiger partial charge in [0.2, 0.25) is 0 Å². The number of rotatable bonds is 4. The molecule has 1 aromatic carbocycles. The van der Waals surface area contributed by atoms with Crippen molar-refractivity contribution in [2.45, 2.75) is 38.1 Å². The minimum Gasteiger partial charge on any atom is -0.356 e. The van der Waals surface area contributed by atoms with E-state index >= 15 is 0 Å². The van der Waals surface area contributed by atoms with Gasteiger partial charge in [0.15, 0.2) is 5.96 Å². The van der Waals surface area contributed by atoms with E-state index in [9.17, 15) is 4.39 Å². The zero-order chi connectivity index (χ0) is 13.5. The van der Waals surface area contributed by atoms with Crippen molar-refractivity contribution in [2.24, 2.45) is 4.99 Å². The molecule has 0 saturated heterocycles. The van der Waals surface area contributed by atoms with Crippen LogP contribution in [0, 0.1) is 5.82 Å². The normalized spacial score (nSPS) is 16.6. The number of nitrogens with one attached hydrogen (secondary N) is 2. The monoisotopic (exact) mass is 263 g/mol. The predicted molar refractivity (Wildman–Crippen MR) is 76.9 cm³/mol. The highest BCUT2D eigenvalue weighted by Crippen LogP contribution is 2.17. The molecule has 19 heavy (non-hydrogen) atoms. The fourth-order valence-electron chi connectivity index (χ4n) is 2.48. The smallest absolute Gasteiger partial charge is 0.191 e. The van der Waals surface area contributed by atoms with Gasteiger partial charge < -0.3 is 10.6 Å². The summed E-state index contributed by atoms with van der Waals surface area (Å²) < 4.78 is 13.0. The van der Waals surface area contributed by atoms with Crippen LogP contribution in [0.15, 0.2) is 29.3 Å². The molecule has 4 heteroatoms. The lowest BCUT2D eigenvalue weighted by Gasteiger charge is -2.16. The first kappa shape index (κ1) is 13.8. The molecule has 1 aliphatic carbocycles. The van der Waals surface area contributed by atoms with Crippen LogP contribution in [-0.4, -0.2) is 25.6 Å². The van der Waals surface area contributed by atoms with Gasteiger partial charge in [0, 0.05) is 19.6 Å². The number of halogens is 1. The van der Waals surface area contributed by atoms with Crippen LogP contribution in [0.2, 0.25) is 0 Å². The number of aliphatic imine (C=N–C) groups is 1. The Kier molecular flexibility index (Phi) is 5.19. The maximum absolute atomic E-state index is 13.0. The van der Waals surface area contributed by atoms with Crippen molar-refractivity contribution in [1.82, 2.24) is 10.6 Å². The van der Waals surface area contributed by atoms with Gasteiger partial charge >= 0.3 is 0 Å². The summed E-state index contributed by atoms with van der Waals surface area (Å²) in [7, 11) is 1.78. The lowest BCUT2D eigenvalue weighted by atomic mass is 10.1. The molecule has 1 aromatic rings. The summed E-state index contributed by atoms with van der Waals surface area (Å²) in [4.78, 5) is 4.22. The molecule has 0 unspecified atom stereocenters. The fourth-order valence-corrected chi connectivity index (χ4v) is 2.48. The second-order valence-electron chi connectivity index (χ2n) is 5.00. The highest BCUT2D eigenvalue weighted by Gasteiger charge is 2.15. The molecule has 0 aromatic heterocycles. The van der Waals surface area contributed by atoms with E-state index in [-0.39, 0.29) is 5.82 Å². The summed E-state index contributed by atoms with van der Waals surface area (Å²) in [6.07, 6.45) is 5.86. The molecule has 2 N–H and O–H groups in total. The third kappa shape index (κ3) is 4.54. The van der Waals surface area contributed by atoms with Crippen molar-refractivity contribution >= 4 is 5.96 Å². The van der Waals surface area contributed by atoms with Gasteiger partial charge in [-0.15, -0.1) is 0 Å². The molecule has 0 heterocycles. The number of hydrogen-bond donors (Lipinski definition) is 2. The number of hydrogen-bond acceptors (Lipinski definition) is 1. The second kappa shape index (κ2) is 7.12. The summed E-state index contributed by atoms with van der Waals surface area (Å²) in [5.41, 5.74) is 1.00. The Bertz CT molecular complexity index is 425. The van der Waals surface area contributed by atoms with E-state index in [4.69, 9.17) is 0 Å². The van der Waals surface area contributed by atoms with Crippen LogP contribution in [0.5, 0.6) is 0 Å². The molecule has 0 bridgehead atoms. The SMILES string of the molecule is CN=C(NCCc1cccc(F)c1)NC1CCCC1. The van der Waals surface area contributed by atoms with Crippen LogP contribution in [0.25, 0.3) is 0 Å². The first-order chi connectivity index (χ1) is 9.28. The molecule has 1 fully saturated rings. The van der Waals surface area contributed by atoms with E-state index in [1.54, 1.807) is 19.2 Å². The van der Waals surface area contributed by atoms with Gasteiger partial charge in [0.05, 0.1) is 0 Å². The van der Waals surface area contributed by atoms with Crippen LogP contribution in [0.1, 0.15) is 31.2 Å². The van der Waals surface area contributed by atoms with Crippen molar-refractivity contribution in [3.63, 3.8) is 0 Å². The van der Waals surface area contributed by atoms with Gasteiger partial charge in [-0.3, -0.25) is 4.99 Å². The van der Waals surface area contributed by atoms with Gasteiger partial charge in [0.25, 0.3) is 0 Å². The Morgan fingerprint density at radius 2 is 2.16 bits per heavy atom. The average Bonchev–Trinajstić information content (AvgIpc) is 2.90. The topological polar surface area (TPSA) is 36.4 Å². The van der Waals surface area contributed by atoms with Gasteiger partial charge in [-0.25, -0.2) is 4.39 Å². The van der Waals surface area contributed by atoms with Crippen molar-refractivity contribution in [1.29, 1.82) is 0 Å². The summed E-state index contributed by atoms with van der Waals surface area (Å²) >= 11 is 0. The molecule has 104 valence electrons. The van der Waals surface area contributed by atoms with E-state index < -0.39 is 0 Å². The molecule has 3 nitrogen and oxygen atoms in total. The lowest BCUT2D eigenvalue weighted by molar-refractivity contribution is 0.612. The predicted octanol–water partition coefficient (Wildman–Crippen LogP) is 2.48. The highest BCUT2D eigenvalue weighted by atomic mass is 19.1. The van der Waals surface area contributed by atoms with Crippen LogP contribution >= 0.6 is 0 Å². The molecule has 1 aliphatic rings. The van der Waals surface area contributed by atoms with Crippen LogP contribution in [0.4, 0.5) is 4.39 Å². The minimum atomic E-state index is -0.175. The van der Waals surface area contributed by atoms with Gasteiger partial charge in [-0.1, -0.05) is 25.0 Å². The maximum Gasteiger partial charge on any atom is 0.191 e. The van der Waals surface area contributed by atoms with E-state index in [0.717, 1.165) is 24.5 Å². The molecule has 0 atom stereocenters. The fraction of sp³-hybridized carbons (Fsp3) is 0.533. The van der Waals surface area contributed by atoms with Gasteiger partial charge in [-0.05, 0) is 37.0 Å². The van der Waals surface area contributed by atoms with Crippen LogP contribution in [0.3, 0.4) is 0 Å². The summed E-state index contributed by atoms with van der Waals surface area (Å²) in [5, 5.41) is 6.71.